The first-order valence-electron chi connectivity index (χ1n) is 10.3. The highest BCUT2D eigenvalue weighted by Gasteiger charge is 2.22. The number of aryl methyl sites for hydroxylation is 1. The highest BCUT2D eigenvalue weighted by molar-refractivity contribution is 8.00. The van der Waals surface area contributed by atoms with Gasteiger partial charge in [-0.05, 0) is 57.9 Å². The number of pyridine rings is 1. The molecular formula is C23H29N3O4S. The number of primary amides is 1. The minimum absolute atomic E-state index is 0.123. The van der Waals surface area contributed by atoms with Gasteiger partial charge >= 0.3 is 0 Å². The molecule has 2 aromatic rings. The van der Waals surface area contributed by atoms with Crippen LogP contribution >= 0.6 is 11.8 Å². The second kappa shape index (κ2) is 9.60. The Hall–Kier alpha value is -2.74. The summed E-state index contributed by atoms with van der Waals surface area (Å²) in [5, 5.41) is 3.40. The number of rotatable bonds is 8. The van der Waals surface area contributed by atoms with Gasteiger partial charge in [-0.15, -0.1) is 0 Å². The van der Waals surface area contributed by atoms with Crippen LogP contribution in [-0.2, 0) is 17.8 Å². The molecule has 0 spiro atoms. The molecule has 3 N–H and O–H groups in total. The average molecular weight is 444 g/mol. The first-order valence-corrected chi connectivity index (χ1v) is 11.3. The van der Waals surface area contributed by atoms with Crippen LogP contribution in [0.1, 0.15) is 52.2 Å². The number of hydrogen-bond donors (Lipinski definition) is 2. The molecule has 1 aliphatic heterocycles. The lowest BCUT2D eigenvalue weighted by molar-refractivity contribution is -0.118. The summed E-state index contributed by atoms with van der Waals surface area (Å²) >= 11 is 1.21. The predicted molar refractivity (Wildman–Crippen MR) is 121 cm³/mol. The molecule has 0 fully saturated rings. The minimum atomic E-state index is -0.537. The van der Waals surface area contributed by atoms with E-state index in [4.69, 9.17) is 15.2 Å². The Morgan fingerprint density at radius 1 is 1.29 bits per heavy atom. The third-order valence-electron chi connectivity index (χ3n) is 5.40. The minimum Gasteiger partial charge on any atom is -0.494 e. The van der Waals surface area contributed by atoms with E-state index in [0.717, 1.165) is 45.9 Å². The van der Waals surface area contributed by atoms with E-state index in [2.05, 4.69) is 10.3 Å². The normalized spacial score (nSPS) is 14.7. The van der Waals surface area contributed by atoms with Gasteiger partial charge in [-0.2, -0.15) is 0 Å². The lowest BCUT2D eigenvalue weighted by Crippen LogP contribution is -2.25. The Morgan fingerprint density at radius 2 is 2.03 bits per heavy atom. The van der Waals surface area contributed by atoms with E-state index in [9.17, 15) is 9.59 Å². The van der Waals surface area contributed by atoms with Crippen molar-refractivity contribution >= 4 is 23.6 Å². The zero-order valence-electron chi connectivity index (χ0n) is 18.6. The molecule has 0 aliphatic carbocycles. The van der Waals surface area contributed by atoms with Gasteiger partial charge in [0.05, 0.1) is 17.9 Å². The molecule has 3 rings (SSSR count). The van der Waals surface area contributed by atoms with E-state index >= 15 is 0 Å². The van der Waals surface area contributed by atoms with Crippen LogP contribution in [0.15, 0.2) is 17.2 Å². The van der Waals surface area contributed by atoms with Crippen molar-refractivity contribution in [2.75, 3.05) is 12.4 Å². The van der Waals surface area contributed by atoms with Crippen molar-refractivity contribution in [2.45, 2.75) is 58.7 Å². The number of benzene rings is 1. The van der Waals surface area contributed by atoms with E-state index < -0.39 is 5.91 Å². The number of thioether (sulfide) groups is 1. The number of carbonyl (C=O) groups excluding carboxylic acids is 2. The summed E-state index contributed by atoms with van der Waals surface area (Å²) in [4.78, 5) is 28.9. The summed E-state index contributed by atoms with van der Waals surface area (Å²) in [6.07, 6.45) is 0.989. The summed E-state index contributed by atoms with van der Waals surface area (Å²) in [6, 6.07) is 3.94. The van der Waals surface area contributed by atoms with Gasteiger partial charge in [-0.3, -0.25) is 9.59 Å². The maximum Gasteiger partial charge on any atom is 0.251 e. The van der Waals surface area contributed by atoms with Gasteiger partial charge in [0, 0.05) is 29.8 Å². The van der Waals surface area contributed by atoms with Crippen molar-refractivity contribution in [1.82, 2.24) is 10.3 Å². The molecule has 166 valence electrons. The number of carbonyl (C=O) groups is 2. The van der Waals surface area contributed by atoms with E-state index in [1.54, 1.807) is 0 Å². The molecule has 1 aromatic heterocycles. The molecule has 2 amide bonds. The molecule has 1 aliphatic rings. The van der Waals surface area contributed by atoms with Gasteiger partial charge in [0.15, 0.2) is 0 Å². The summed E-state index contributed by atoms with van der Waals surface area (Å²) in [7, 11) is 0. The predicted octanol–water partition coefficient (Wildman–Crippen LogP) is 3.24. The molecule has 1 aromatic carbocycles. The monoisotopic (exact) mass is 443 g/mol. The van der Waals surface area contributed by atoms with Crippen LogP contribution in [0.4, 0.5) is 0 Å². The zero-order chi connectivity index (χ0) is 22.7. The third-order valence-corrected chi connectivity index (χ3v) is 6.38. The maximum atomic E-state index is 12.5. The maximum absolute atomic E-state index is 12.5. The van der Waals surface area contributed by atoms with Crippen molar-refractivity contribution in [3.05, 3.63) is 45.6 Å². The SMILES string of the molecule is CCOc1cc2c(cc1CNC(=O)CSc1nc(C)c(C)c(C)c1C(N)=O)OC(C)C2. The van der Waals surface area contributed by atoms with Gasteiger partial charge in [0.1, 0.15) is 22.6 Å². The van der Waals surface area contributed by atoms with E-state index in [-0.39, 0.29) is 17.8 Å². The topological polar surface area (TPSA) is 104 Å². The molecule has 0 radical (unpaired) electrons. The van der Waals surface area contributed by atoms with Crippen LogP contribution in [0.2, 0.25) is 0 Å². The summed E-state index contributed by atoms with van der Waals surface area (Å²) < 4.78 is 11.6. The summed E-state index contributed by atoms with van der Waals surface area (Å²) in [6.45, 7) is 10.5. The van der Waals surface area contributed by atoms with Crippen LogP contribution in [0.5, 0.6) is 11.5 Å². The lowest BCUT2D eigenvalue weighted by atomic mass is 10.0. The first-order chi connectivity index (χ1) is 14.7. The van der Waals surface area contributed by atoms with Crippen LogP contribution in [0.3, 0.4) is 0 Å². The first kappa shape index (κ1) is 22.9. The Kier molecular flexibility index (Phi) is 7.10. The Morgan fingerprint density at radius 3 is 2.71 bits per heavy atom. The molecule has 1 unspecified atom stereocenters. The number of nitrogens with one attached hydrogen (secondary N) is 1. The Balaban J connectivity index is 1.68. The number of nitrogens with two attached hydrogens (primary N) is 1. The van der Waals surface area contributed by atoms with Crippen molar-refractivity contribution in [2.24, 2.45) is 5.73 Å². The molecule has 0 saturated heterocycles. The molecule has 31 heavy (non-hydrogen) atoms. The number of nitrogens with zero attached hydrogens (tertiary/aromatic N) is 1. The van der Waals surface area contributed by atoms with Crippen LogP contribution < -0.4 is 20.5 Å². The molecular weight excluding hydrogens is 414 g/mol. The van der Waals surface area contributed by atoms with Crippen molar-refractivity contribution in [3.8, 4) is 11.5 Å². The standard InChI is InChI=1S/C23H29N3O4S/c1-6-29-18-8-16-7-12(2)30-19(16)9-17(18)10-25-20(27)11-31-23-21(22(24)28)14(4)13(3)15(5)26-23/h8-9,12H,6-7,10-11H2,1-5H3,(H2,24,28)(H,25,27). The van der Waals surface area contributed by atoms with Crippen molar-refractivity contribution in [1.29, 1.82) is 0 Å². The number of hydrogen-bond acceptors (Lipinski definition) is 6. The highest BCUT2D eigenvalue weighted by atomic mass is 32.2. The van der Waals surface area contributed by atoms with Gasteiger partial charge in [-0.25, -0.2) is 4.98 Å². The number of ether oxygens (including phenoxy) is 2. The van der Waals surface area contributed by atoms with E-state index in [1.165, 1.54) is 11.8 Å². The highest BCUT2D eigenvalue weighted by Crippen LogP contribution is 2.35. The summed E-state index contributed by atoms with van der Waals surface area (Å²) in [5.74, 6) is 1.02. The average Bonchev–Trinajstić information content (AvgIpc) is 3.07. The smallest absolute Gasteiger partial charge is 0.251 e. The van der Waals surface area contributed by atoms with Gasteiger partial charge in [0.2, 0.25) is 5.91 Å². The van der Waals surface area contributed by atoms with Gasteiger partial charge < -0.3 is 20.5 Å². The van der Waals surface area contributed by atoms with Crippen LogP contribution in [-0.4, -0.2) is 35.3 Å². The van der Waals surface area contributed by atoms with Crippen LogP contribution in [0, 0.1) is 20.8 Å². The van der Waals surface area contributed by atoms with Crippen molar-refractivity contribution in [3.63, 3.8) is 0 Å². The van der Waals surface area contributed by atoms with Gasteiger partial charge in [-0.1, -0.05) is 11.8 Å². The molecule has 0 bridgehead atoms. The molecule has 8 heteroatoms. The number of aromatic nitrogens is 1. The quantitative estimate of drug-likeness (QED) is 0.607. The molecule has 7 nitrogen and oxygen atoms in total. The number of amides is 2. The largest absolute Gasteiger partial charge is 0.494 e. The van der Waals surface area contributed by atoms with E-state index in [1.807, 2.05) is 46.8 Å². The Labute approximate surface area is 187 Å². The Bertz CT molecular complexity index is 1020. The number of fused-ring (bicyclic) bond motifs is 1. The fourth-order valence-electron chi connectivity index (χ4n) is 3.59. The molecule has 0 saturated carbocycles. The van der Waals surface area contributed by atoms with E-state index in [0.29, 0.717) is 23.7 Å². The zero-order valence-corrected chi connectivity index (χ0v) is 19.4. The fraction of sp³-hybridized carbons (Fsp3) is 0.435. The van der Waals surface area contributed by atoms with Crippen LogP contribution in [0.25, 0.3) is 0 Å². The van der Waals surface area contributed by atoms with Gasteiger partial charge in [0.25, 0.3) is 5.91 Å². The second-order valence-electron chi connectivity index (χ2n) is 7.69. The summed E-state index contributed by atoms with van der Waals surface area (Å²) in [5.41, 5.74) is 10.5. The third kappa shape index (κ3) is 5.12. The molecule has 2 heterocycles. The van der Waals surface area contributed by atoms with Crippen molar-refractivity contribution < 1.29 is 19.1 Å². The lowest BCUT2D eigenvalue weighted by Gasteiger charge is -2.14. The molecule has 1 atom stereocenters. The second-order valence-corrected chi connectivity index (χ2v) is 8.65. The fourth-order valence-corrected chi connectivity index (χ4v) is 4.56.